The maximum Gasteiger partial charge on any atom is 0.0240 e. The number of nitrogens with zero attached hydrogens (tertiary/aromatic N) is 1. The second-order valence-electron chi connectivity index (χ2n) is 4.07. The van der Waals surface area contributed by atoms with Crippen molar-refractivity contribution in [2.75, 3.05) is 6.54 Å². The summed E-state index contributed by atoms with van der Waals surface area (Å²) < 4.78 is 0. The highest BCUT2D eigenvalue weighted by Gasteiger charge is 2.15. The Balaban J connectivity index is 0.000000245. The topological polar surface area (TPSA) is 3.24 Å². The molecule has 2 rings (SSSR count). The van der Waals surface area contributed by atoms with Crippen molar-refractivity contribution in [3.63, 3.8) is 0 Å². The second kappa shape index (κ2) is 6.62. The molecule has 1 heteroatoms. The van der Waals surface area contributed by atoms with Crippen LogP contribution in [-0.4, -0.2) is 11.4 Å². The van der Waals surface area contributed by atoms with Gasteiger partial charge in [0.25, 0.3) is 0 Å². The fourth-order valence-electron chi connectivity index (χ4n) is 1.63. The first-order chi connectivity index (χ1) is 7.31. The molecular formula is C14H23N. The van der Waals surface area contributed by atoms with E-state index in [4.69, 9.17) is 0 Å². The van der Waals surface area contributed by atoms with E-state index in [1.807, 2.05) is 0 Å². The zero-order valence-corrected chi connectivity index (χ0v) is 10.3. The third-order valence-electron chi connectivity index (χ3n) is 2.85. The van der Waals surface area contributed by atoms with Crippen molar-refractivity contribution < 1.29 is 0 Å². The van der Waals surface area contributed by atoms with Crippen LogP contribution in [0.15, 0.2) is 24.3 Å². The molecule has 0 unspecified atom stereocenters. The van der Waals surface area contributed by atoms with Crippen LogP contribution in [0.5, 0.6) is 0 Å². The van der Waals surface area contributed by atoms with Crippen LogP contribution < -0.4 is 0 Å². The van der Waals surface area contributed by atoms with Crippen molar-refractivity contribution in [2.45, 2.75) is 46.7 Å². The molecule has 0 spiro atoms. The highest BCUT2D eigenvalue weighted by atomic mass is 15.1. The van der Waals surface area contributed by atoms with Gasteiger partial charge in [-0.3, -0.25) is 4.90 Å². The molecule has 0 saturated carbocycles. The summed E-state index contributed by atoms with van der Waals surface area (Å²) in [6.45, 7) is 10.0. The number of hydrogen-bond acceptors (Lipinski definition) is 1. The Kier molecular flexibility index (Phi) is 5.41. The minimum atomic E-state index is 1.15. The van der Waals surface area contributed by atoms with Gasteiger partial charge in [-0.2, -0.15) is 0 Å². The molecule has 0 atom stereocenters. The lowest BCUT2D eigenvalue weighted by atomic mass is 10.1. The normalized spacial score (nSPS) is 14.3. The Morgan fingerprint density at radius 3 is 1.73 bits per heavy atom. The molecule has 1 aliphatic rings. The van der Waals surface area contributed by atoms with Crippen LogP contribution in [0.4, 0.5) is 0 Å². The highest BCUT2D eigenvalue weighted by Crippen LogP contribution is 2.21. The Hall–Kier alpha value is -0.820. The number of rotatable bonds is 2. The van der Waals surface area contributed by atoms with Crippen molar-refractivity contribution >= 4 is 0 Å². The van der Waals surface area contributed by atoms with Crippen LogP contribution >= 0.6 is 0 Å². The first-order valence-electron chi connectivity index (χ1n) is 6.10. The Labute approximate surface area is 94.1 Å². The maximum atomic E-state index is 2.45. The lowest BCUT2D eigenvalue weighted by Gasteiger charge is -2.09. The second-order valence-corrected chi connectivity index (χ2v) is 4.07. The first kappa shape index (κ1) is 12.3. The monoisotopic (exact) mass is 205 g/mol. The van der Waals surface area contributed by atoms with E-state index in [2.05, 4.69) is 49.9 Å². The van der Waals surface area contributed by atoms with Gasteiger partial charge in [0.15, 0.2) is 0 Å². The molecule has 0 amide bonds. The Morgan fingerprint density at radius 2 is 1.40 bits per heavy atom. The van der Waals surface area contributed by atoms with Crippen LogP contribution in [0.1, 0.15) is 44.7 Å². The molecule has 1 aromatic carbocycles. The van der Waals surface area contributed by atoms with Gasteiger partial charge in [-0.15, -0.1) is 0 Å². The van der Waals surface area contributed by atoms with Crippen LogP contribution in [0.3, 0.4) is 0 Å². The molecule has 0 N–H and O–H groups in total. The average Bonchev–Trinajstić information content (AvgIpc) is 2.72. The van der Waals surface area contributed by atoms with Crippen molar-refractivity contribution in [3.05, 3.63) is 35.4 Å². The summed E-state index contributed by atoms with van der Waals surface area (Å²) in [6.07, 6.45) is 2.64. The first-order valence-corrected chi connectivity index (χ1v) is 6.10. The number of benzene rings is 1. The molecule has 15 heavy (non-hydrogen) atoms. The summed E-state index contributed by atoms with van der Waals surface area (Å²) in [5.41, 5.74) is 3.02. The van der Waals surface area contributed by atoms with Gasteiger partial charge in [0.1, 0.15) is 0 Å². The van der Waals surface area contributed by atoms with Crippen molar-refractivity contribution in [1.82, 2.24) is 4.90 Å². The van der Waals surface area contributed by atoms with Crippen molar-refractivity contribution in [1.29, 1.82) is 0 Å². The van der Waals surface area contributed by atoms with Gasteiger partial charge in [-0.1, -0.05) is 57.9 Å². The third kappa shape index (κ3) is 3.67. The van der Waals surface area contributed by atoms with E-state index < -0.39 is 0 Å². The zero-order valence-electron chi connectivity index (χ0n) is 10.3. The van der Waals surface area contributed by atoms with Crippen LogP contribution in [0.2, 0.25) is 0 Å². The number of fused-ring (bicyclic) bond motifs is 1. The molecule has 0 aromatic heterocycles. The van der Waals surface area contributed by atoms with Gasteiger partial charge >= 0.3 is 0 Å². The van der Waals surface area contributed by atoms with E-state index in [0.717, 1.165) is 19.6 Å². The van der Waals surface area contributed by atoms with Gasteiger partial charge in [0, 0.05) is 13.1 Å². The molecule has 1 heterocycles. The molecule has 1 nitrogen and oxygen atoms in total. The summed E-state index contributed by atoms with van der Waals surface area (Å²) in [6, 6.07) is 8.70. The lowest BCUT2D eigenvalue weighted by Crippen LogP contribution is -2.14. The predicted molar refractivity (Wildman–Crippen MR) is 66.8 cm³/mol. The van der Waals surface area contributed by atoms with Crippen molar-refractivity contribution in [2.24, 2.45) is 0 Å². The van der Waals surface area contributed by atoms with E-state index in [-0.39, 0.29) is 0 Å². The van der Waals surface area contributed by atoms with Crippen LogP contribution in [0.25, 0.3) is 0 Å². The molecular weight excluding hydrogens is 182 g/mol. The molecule has 0 fully saturated rings. The van der Waals surface area contributed by atoms with Gasteiger partial charge in [0.05, 0.1) is 0 Å². The van der Waals surface area contributed by atoms with Crippen LogP contribution in [0, 0.1) is 0 Å². The molecule has 84 valence electrons. The summed E-state index contributed by atoms with van der Waals surface area (Å²) in [4.78, 5) is 2.45. The third-order valence-corrected chi connectivity index (χ3v) is 2.85. The van der Waals surface area contributed by atoms with E-state index >= 15 is 0 Å². The smallest absolute Gasteiger partial charge is 0.0240 e. The lowest BCUT2D eigenvalue weighted by molar-refractivity contribution is 0.301. The fraction of sp³-hybridized carbons (Fsp3) is 0.571. The van der Waals surface area contributed by atoms with Crippen LogP contribution in [-0.2, 0) is 13.1 Å². The average molecular weight is 205 g/mol. The van der Waals surface area contributed by atoms with Gasteiger partial charge in [0.2, 0.25) is 0 Å². The minimum Gasteiger partial charge on any atom is -0.295 e. The van der Waals surface area contributed by atoms with Gasteiger partial charge < -0.3 is 0 Å². The molecule has 1 aromatic rings. The Morgan fingerprint density at radius 1 is 0.933 bits per heavy atom. The molecule has 0 saturated heterocycles. The van der Waals surface area contributed by atoms with Crippen molar-refractivity contribution in [3.8, 4) is 0 Å². The standard InChI is InChI=1S/C10H13N.C4H10/c1-2-11-7-9-5-3-4-6-10(9)8-11;1-3-4-2/h3-6H,2,7-8H2,1H3;3-4H2,1-2H3. The number of unbranched alkanes of at least 4 members (excludes halogenated alkanes) is 1. The Bertz CT molecular complexity index is 253. The summed E-state index contributed by atoms with van der Waals surface area (Å²) in [5, 5.41) is 0. The van der Waals surface area contributed by atoms with E-state index in [9.17, 15) is 0 Å². The summed E-state index contributed by atoms with van der Waals surface area (Å²) in [5.74, 6) is 0. The van der Waals surface area contributed by atoms with E-state index in [1.54, 1.807) is 0 Å². The van der Waals surface area contributed by atoms with E-state index in [0.29, 0.717) is 0 Å². The number of hydrogen-bond donors (Lipinski definition) is 0. The highest BCUT2D eigenvalue weighted by molar-refractivity contribution is 5.29. The molecule has 0 radical (unpaired) electrons. The maximum absolute atomic E-state index is 2.45. The van der Waals surface area contributed by atoms with E-state index in [1.165, 1.54) is 24.0 Å². The minimum absolute atomic E-state index is 1.15. The van der Waals surface area contributed by atoms with Gasteiger partial charge in [-0.05, 0) is 17.7 Å². The quantitative estimate of drug-likeness (QED) is 0.709. The summed E-state index contributed by atoms with van der Waals surface area (Å²) >= 11 is 0. The fourth-order valence-corrected chi connectivity index (χ4v) is 1.63. The SMILES string of the molecule is CCCC.CCN1Cc2ccccc2C1. The molecule has 1 aliphatic heterocycles. The summed E-state index contributed by atoms with van der Waals surface area (Å²) in [7, 11) is 0. The largest absolute Gasteiger partial charge is 0.295 e. The molecule has 0 bridgehead atoms. The van der Waals surface area contributed by atoms with Gasteiger partial charge in [-0.25, -0.2) is 0 Å². The predicted octanol–water partition coefficient (Wildman–Crippen LogP) is 3.83. The molecule has 0 aliphatic carbocycles. The zero-order chi connectivity index (χ0) is 11.1.